The lowest BCUT2D eigenvalue weighted by molar-refractivity contribution is -0.133. The molecule has 0 aromatic rings. The van der Waals surface area contributed by atoms with Gasteiger partial charge in [-0.1, -0.05) is 13.8 Å². The first-order valence-electron chi connectivity index (χ1n) is 9.31. The standard InChI is InChI=1S/C19H32O2/c1-18-9-7-13(20)11-12(18)3-4-14-15-5-6-17(21)19(15,2)10-8-16(14)18/h12-17,20-21H,3-11H2,1-2H3/t12-,13+,14+,15+,16+,17+,18+,19+/m1/s1. The van der Waals surface area contributed by atoms with Gasteiger partial charge in [0.2, 0.25) is 0 Å². The predicted molar refractivity (Wildman–Crippen MR) is 83.7 cm³/mol. The Labute approximate surface area is 129 Å². The van der Waals surface area contributed by atoms with Crippen LogP contribution in [0.4, 0.5) is 0 Å². The monoisotopic (exact) mass is 292 g/mol. The highest BCUT2D eigenvalue weighted by molar-refractivity contribution is 5.09. The van der Waals surface area contributed by atoms with E-state index >= 15 is 0 Å². The second-order valence-electron chi connectivity index (χ2n) is 9.22. The third kappa shape index (κ3) is 1.91. The van der Waals surface area contributed by atoms with E-state index in [1.165, 1.54) is 38.5 Å². The van der Waals surface area contributed by atoms with Crippen LogP contribution < -0.4 is 0 Å². The minimum absolute atomic E-state index is 0.0400. The Morgan fingerprint density at radius 1 is 0.762 bits per heavy atom. The molecule has 0 aromatic heterocycles. The highest BCUT2D eigenvalue weighted by Crippen LogP contribution is 2.66. The molecule has 0 heterocycles. The SMILES string of the molecule is C[C@]12CC[C@H](O)C[C@H]1CC[C@@H]1[C@@H]2CC[C@]2(C)[C@@H](O)CC[C@@H]12. The molecule has 120 valence electrons. The van der Waals surface area contributed by atoms with E-state index < -0.39 is 0 Å². The normalized spacial score (nSPS) is 60.0. The van der Waals surface area contributed by atoms with Gasteiger partial charge < -0.3 is 10.2 Å². The number of aliphatic hydroxyl groups is 2. The Hall–Kier alpha value is -0.0800. The molecule has 0 aliphatic heterocycles. The van der Waals surface area contributed by atoms with E-state index in [0.29, 0.717) is 5.41 Å². The van der Waals surface area contributed by atoms with Crippen molar-refractivity contribution in [3.8, 4) is 0 Å². The van der Waals surface area contributed by atoms with E-state index in [9.17, 15) is 10.2 Å². The summed E-state index contributed by atoms with van der Waals surface area (Å²) in [5.41, 5.74) is 0.676. The zero-order valence-electron chi connectivity index (χ0n) is 13.7. The molecule has 2 heteroatoms. The van der Waals surface area contributed by atoms with Crippen molar-refractivity contribution in [2.75, 3.05) is 0 Å². The summed E-state index contributed by atoms with van der Waals surface area (Å²) < 4.78 is 0. The van der Waals surface area contributed by atoms with E-state index in [-0.39, 0.29) is 17.6 Å². The lowest BCUT2D eigenvalue weighted by Gasteiger charge is -2.60. The van der Waals surface area contributed by atoms with E-state index in [0.717, 1.165) is 42.9 Å². The van der Waals surface area contributed by atoms with Crippen LogP contribution in [0.3, 0.4) is 0 Å². The molecule has 0 radical (unpaired) electrons. The van der Waals surface area contributed by atoms with Gasteiger partial charge in [-0.15, -0.1) is 0 Å². The minimum Gasteiger partial charge on any atom is -0.393 e. The van der Waals surface area contributed by atoms with Crippen LogP contribution in [0.1, 0.15) is 71.6 Å². The predicted octanol–water partition coefficient (Wildman–Crippen LogP) is 3.75. The highest BCUT2D eigenvalue weighted by atomic mass is 16.3. The van der Waals surface area contributed by atoms with Crippen molar-refractivity contribution in [3.05, 3.63) is 0 Å². The molecular formula is C19H32O2. The Balaban J connectivity index is 1.62. The summed E-state index contributed by atoms with van der Waals surface area (Å²) in [6.45, 7) is 4.90. The lowest BCUT2D eigenvalue weighted by Crippen LogP contribution is -2.54. The molecule has 2 N–H and O–H groups in total. The fourth-order valence-corrected chi connectivity index (χ4v) is 7.21. The quantitative estimate of drug-likeness (QED) is 0.714. The summed E-state index contributed by atoms with van der Waals surface area (Å²) in [7, 11) is 0. The largest absolute Gasteiger partial charge is 0.393 e. The van der Waals surface area contributed by atoms with Gasteiger partial charge in [0.1, 0.15) is 0 Å². The van der Waals surface area contributed by atoms with Crippen LogP contribution >= 0.6 is 0 Å². The van der Waals surface area contributed by atoms with Gasteiger partial charge in [0, 0.05) is 0 Å². The molecule has 4 aliphatic rings. The first-order valence-corrected chi connectivity index (χ1v) is 9.31. The van der Waals surface area contributed by atoms with Gasteiger partial charge in [-0.25, -0.2) is 0 Å². The van der Waals surface area contributed by atoms with Gasteiger partial charge in [-0.3, -0.25) is 0 Å². The molecule has 0 amide bonds. The number of aliphatic hydroxyl groups excluding tert-OH is 2. The first kappa shape index (κ1) is 14.5. The fourth-order valence-electron chi connectivity index (χ4n) is 7.21. The maximum absolute atomic E-state index is 10.5. The molecular weight excluding hydrogens is 260 g/mol. The first-order chi connectivity index (χ1) is 9.95. The van der Waals surface area contributed by atoms with Gasteiger partial charge in [-0.05, 0) is 92.3 Å². The van der Waals surface area contributed by atoms with Crippen molar-refractivity contribution in [2.45, 2.75) is 83.8 Å². The molecule has 4 fully saturated rings. The third-order valence-electron chi connectivity index (χ3n) is 8.59. The van der Waals surface area contributed by atoms with Gasteiger partial charge in [-0.2, -0.15) is 0 Å². The van der Waals surface area contributed by atoms with Gasteiger partial charge in [0.25, 0.3) is 0 Å². The Kier molecular flexibility index (Phi) is 3.25. The van der Waals surface area contributed by atoms with Gasteiger partial charge >= 0.3 is 0 Å². The molecule has 4 saturated carbocycles. The van der Waals surface area contributed by atoms with Crippen molar-refractivity contribution >= 4 is 0 Å². The Bertz CT molecular complexity index is 422. The summed E-state index contributed by atoms with van der Waals surface area (Å²) in [4.78, 5) is 0. The lowest BCUT2D eigenvalue weighted by atomic mass is 9.45. The molecule has 4 rings (SSSR count). The molecule has 21 heavy (non-hydrogen) atoms. The van der Waals surface area contributed by atoms with Crippen LogP contribution in [0.25, 0.3) is 0 Å². The molecule has 0 saturated heterocycles. The molecule has 0 unspecified atom stereocenters. The summed E-state index contributed by atoms with van der Waals surface area (Å²) in [6, 6.07) is 0. The molecule has 0 spiro atoms. The average molecular weight is 292 g/mol. The summed E-state index contributed by atoms with van der Waals surface area (Å²) in [5, 5.41) is 20.5. The van der Waals surface area contributed by atoms with Gasteiger partial charge in [0.15, 0.2) is 0 Å². The number of hydrogen-bond donors (Lipinski definition) is 2. The second-order valence-corrected chi connectivity index (χ2v) is 9.22. The molecule has 0 bridgehead atoms. The van der Waals surface area contributed by atoms with Crippen LogP contribution in [-0.2, 0) is 0 Å². The highest BCUT2D eigenvalue weighted by Gasteiger charge is 2.59. The van der Waals surface area contributed by atoms with Crippen LogP contribution in [0.15, 0.2) is 0 Å². The van der Waals surface area contributed by atoms with E-state index in [1.54, 1.807) is 0 Å². The van der Waals surface area contributed by atoms with Crippen molar-refractivity contribution in [1.82, 2.24) is 0 Å². The van der Waals surface area contributed by atoms with Crippen LogP contribution in [0.2, 0.25) is 0 Å². The van der Waals surface area contributed by atoms with Crippen LogP contribution in [-0.4, -0.2) is 22.4 Å². The topological polar surface area (TPSA) is 40.5 Å². The van der Waals surface area contributed by atoms with Crippen LogP contribution in [0.5, 0.6) is 0 Å². The van der Waals surface area contributed by atoms with Crippen molar-refractivity contribution < 1.29 is 10.2 Å². The van der Waals surface area contributed by atoms with Crippen molar-refractivity contribution in [1.29, 1.82) is 0 Å². The Morgan fingerprint density at radius 3 is 2.29 bits per heavy atom. The zero-order chi connectivity index (χ0) is 14.8. The molecule has 2 nitrogen and oxygen atoms in total. The Morgan fingerprint density at radius 2 is 1.48 bits per heavy atom. The number of rotatable bonds is 0. The summed E-state index contributed by atoms with van der Waals surface area (Å²) in [6.07, 6.45) is 10.7. The molecule has 4 aliphatic carbocycles. The fraction of sp³-hybridized carbons (Fsp3) is 1.00. The maximum Gasteiger partial charge on any atom is 0.0596 e. The zero-order valence-corrected chi connectivity index (χ0v) is 13.7. The summed E-state index contributed by atoms with van der Waals surface area (Å²) in [5.74, 6) is 3.21. The third-order valence-corrected chi connectivity index (χ3v) is 8.59. The van der Waals surface area contributed by atoms with Crippen molar-refractivity contribution in [3.63, 3.8) is 0 Å². The molecule has 8 atom stereocenters. The average Bonchev–Trinajstić information content (AvgIpc) is 2.76. The minimum atomic E-state index is -0.0536. The summed E-state index contributed by atoms with van der Waals surface area (Å²) >= 11 is 0. The van der Waals surface area contributed by atoms with Crippen molar-refractivity contribution in [2.24, 2.45) is 34.5 Å². The van der Waals surface area contributed by atoms with E-state index in [2.05, 4.69) is 13.8 Å². The number of hydrogen-bond acceptors (Lipinski definition) is 2. The maximum atomic E-state index is 10.5. The molecule has 0 aromatic carbocycles. The van der Waals surface area contributed by atoms with E-state index in [1.807, 2.05) is 0 Å². The van der Waals surface area contributed by atoms with Crippen LogP contribution in [0, 0.1) is 34.5 Å². The smallest absolute Gasteiger partial charge is 0.0596 e. The second kappa shape index (κ2) is 4.71. The van der Waals surface area contributed by atoms with Gasteiger partial charge in [0.05, 0.1) is 12.2 Å². The van der Waals surface area contributed by atoms with E-state index in [4.69, 9.17) is 0 Å². The number of fused-ring (bicyclic) bond motifs is 5.